The predicted octanol–water partition coefficient (Wildman–Crippen LogP) is 13.9. The van der Waals surface area contributed by atoms with Crippen LogP contribution in [-0.4, -0.2) is 0 Å². The average Bonchev–Trinajstić information content (AvgIpc) is 3.42. The van der Waals surface area contributed by atoms with Gasteiger partial charge in [-0.3, -0.25) is 0 Å². The van der Waals surface area contributed by atoms with Crippen LogP contribution in [0.4, 0.5) is 17.1 Å². The van der Waals surface area contributed by atoms with Gasteiger partial charge >= 0.3 is 0 Å². The number of aryl methyl sites for hydroxylation is 1. The quantitative estimate of drug-likeness (QED) is 0.173. The Bertz CT molecular complexity index is 2530. The number of fused-ring (bicyclic) bond motifs is 4. The third-order valence-electron chi connectivity index (χ3n) is 10.8. The highest BCUT2D eigenvalue weighted by Gasteiger charge is 2.36. The molecule has 0 heterocycles. The third-order valence-corrected chi connectivity index (χ3v) is 10.8. The summed E-state index contributed by atoms with van der Waals surface area (Å²) in [5, 5.41) is 2.49. The minimum atomic E-state index is -0.0939. The molecule has 0 aliphatic heterocycles. The largest absolute Gasteiger partial charge is 0.310 e. The lowest BCUT2D eigenvalue weighted by molar-refractivity contribution is 0.660. The van der Waals surface area contributed by atoms with Crippen LogP contribution in [-0.2, 0) is 5.41 Å². The molecule has 1 aliphatic carbocycles. The van der Waals surface area contributed by atoms with Gasteiger partial charge in [0, 0.05) is 22.5 Å². The molecule has 0 atom stereocenters. The Balaban J connectivity index is 1.17. The van der Waals surface area contributed by atoms with Crippen molar-refractivity contribution < 1.29 is 0 Å². The van der Waals surface area contributed by atoms with Crippen molar-refractivity contribution in [3.05, 3.63) is 199 Å². The Hall–Kier alpha value is -6.18. The molecular formula is C50H39N. The zero-order valence-corrected chi connectivity index (χ0v) is 29.3. The summed E-state index contributed by atoms with van der Waals surface area (Å²) in [7, 11) is 0. The van der Waals surface area contributed by atoms with Gasteiger partial charge in [0.05, 0.1) is 0 Å². The summed E-state index contributed by atoms with van der Waals surface area (Å²) in [6.45, 7) is 6.96. The van der Waals surface area contributed by atoms with E-state index in [2.05, 4.69) is 208 Å². The van der Waals surface area contributed by atoms with Gasteiger partial charge in [0.25, 0.3) is 0 Å². The molecule has 0 N–H and O–H groups in total. The van der Waals surface area contributed by atoms with Crippen LogP contribution in [0.3, 0.4) is 0 Å². The lowest BCUT2D eigenvalue weighted by Gasteiger charge is -2.28. The minimum absolute atomic E-state index is 0.0939. The molecule has 0 saturated heterocycles. The summed E-state index contributed by atoms with van der Waals surface area (Å²) in [6, 6.07) is 66.6. The average molecular weight is 654 g/mol. The molecular weight excluding hydrogens is 615 g/mol. The molecule has 0 bridgehead atoms. The molecule has 0 aromatic heterocycles. The second-order valence-corrected chi connectivity index (χ2v) is 14.3. The highest BCUT2D eigenvalue weighted by atomic mass is 15.1. The van der Waals surface area contributed by atoms with Crippen molar-refractivity contribution >= 4 is 27.8 Å². The number of benzene rings is 8. The highest BCUT2D eigenvalue weighted by Crippen LogP contribution is 2.52. The first kappa shape index (κ1) is 30.8. The lowest BCUT2D eigenvalue weighted by Crippen LogP contribution is -2.16. The number of hydrogen-bond acceptors (Lipinski definition) is 1. The Kier molecular flexibility index (Phi) is 7.44. The molecule has 0 unspecified atom stereocenters. The summed E-state index contributed by atoms with van der Waals surface area (Å²) >= 11 is 0. The molecule has 0 spiro atoms. The van der Waals surface area contributed by atoms with Gasteiger partial charge in [0.2, 0.25) is 0 Å². The zero-order chi connectivity index (χ0) is 34.5. The smallest absolute Gasteiger partial charge is 0.0465 e. The van der Waals surface area contributed by atoms with Gasteiger partial charge in [-0.15, -0.1) is 0 Å². The maximum absolute atomic E-state index is 2.42. The van der Waals surface area contributed by atoms with Gasteiger partial charge in [0.15, 0.2) is 0 Å². The first-order chi connectivity index (χ1) is 25.0. The fraction of sp³-hybridized carbons (Fsp3) is 0.0800. The van der Waals surface area contributed by atoms with E-state index in [4.69, 9.17) is 0 Å². The number of nitrogens with zero attached hydrogens (tertiary/aromatic N) is 1. The Morgan fingerprint density at radius 2 is 0.863 bits per heavy atom. The van der Waals surface area contributed by atoms with Crippen molar-refractivity contribution in [2.75, 3.05) is 4.90 Å². The van der Waals surface area contributed by atoms with Crippen molar-refractivity contribution in [3.8, 4) is 44.5 Å². The van der Waals surface area contributed by atoms with Crippen LogP contribution < -0.4 is 4.90 Å². The lowest BCUT2D eigenvalue weighted by atomic mass is 9.82. The molecule has 244 valence electrons. The van der Waals surface area contributed by atoms with E-state index in [0.717, 1.165) is 17.1 Å². The van der Waals surface area contributed by atoms with Gasteiger partial charge in [-0.1, -0.05) is 147 Å². The number of hydrogen-bond donors (Lipinski definition) is 0. The fourth-order valence-corrected chi connectivity index (χ4v) is 8.10. The van der Waals surface area contributed by atoms with Gasteiger partial charge < -0.3 is 4.90 Å². The van der Waals surface area contributed by atoms with Crippen LogP contribution in [0.1, 0.15) is 30.5 Å². The first-order valence-electron chi connectivity index (χ1n) is 17.8. The predicted molar refractivity (Wildman–Crippen MR) is 217 cm³/mol. The Morgan fingerprint density at radius 3 is 1.47 bits per heavy atom. The normalized spacial score (nSPS) is 12.8. The van der Waals surface area contributed by atoms with Crippen LogP contribution in [0.25, 0.3) is 55.3 Å². The standard InChI is InChI=1S/C50H39N/c1-34-13-12-20-47-49(34)44-30-29-43(33-48(44)50(47,2)3)51(41-25-21-36(22-26-41)35-14-6-4-7-15-35)42-27-23-38(24-28-42)46-32-40-19-11-10-18-39(40)31-45(46)37-16-8-5-9-17-37/h4-33H,1-3H3. The van der Waals surface area contributed by atoms with E-state index in [0.29, 0.717) is 0 Å². The zero-order valence-electron chi connectivity index (χ0n) is 29.3. The Labute approximate surface area is 301 Å². The molecule has 0 saturated carbocycles. The van der Waals surface area contributed by atoms with E-state index in [1.165, 1.54) is 72.0 Å². The van der Waals surface area contributed by atoms with Crippen LogP contribution in [0.5, 0.6) is 0 Å². The second-order valence-electron chi connectivity index (χ2n) is 14.3. The van der Waals surface area contributed by atoms with Crippen LogP contribution in [0.2, 0.25) is 0 Å². The molecule has 51 heavy (non-hydrogen) atoms. The van der Waals surface area contributed by atoms with Gasteiger partial charge in [0.1, 0.15) is 0 Å². The van der Waals surface area contributed by atoms with Crippen LogP contribution >= 0.6 is 0 Å². The summed E-state index contributed by atoms with van der Waals surface area (Å²) in [5.41, 5.74) is 17.5. The van der Waals surface area contributed by atoms with E-state index < -0.39 is 0 Å². The molecule has 1 aliphatic rings. The highest BCUT2D eigenvalue weighted by molar-refractivity contribution is 5.97. The maximum Gasteiger partial charge on any atom is 0.0465 e. The monoisotopic (exact) mass is 653 g/mol. The number of rotatable bonds is 6. The first-order valence-corrected chi connectivity index (χ1v) is 17.8. The number of anilines is 3. The molecule has 1 heteroatoms. The van der Waals surface area contributed by atoms with E-state index in [1.807, 2.05) is 0 Å². The molecule has 0 amide bonds. The van der Waals surface area contributed by atoms with Crippen molar-refractivity contribution in [1.29, 1.82) is 0 Å². The molecule has 1 nitrogen and oxygen atoms in total. The van der Waals surface area contributed by atoms with Gasteiger partial charge in [-0.2, -0.15) is 0 Å². The minimum Gasteiger partial charge on any atom is -0.310 e. The van der Waals surface area contributed by atoms with Crippen molar-refractivity contribution in [1.82, 2.24) is 0 Å². The van der Waals surface area contributed by atoms with Crippen molar-refractivity contribution in [2.24, 2.45) is 0 Å². The third kappa shape index (κ3) is 5.34. The van der Waals surface area contributed by atoms with Gasteiger partial charge in [-0.05, 0) is 127 Å². The summed E-state index contributed by atoms with van der Waals surface area (Å²) in [6.07, 6.45) is 0. The SMILES string of the molecule is Cc1cccc2c1-c1ccc(N(c3ccc(-c4ccccc4)cc3)c3ccc(-c4cc5ccccc5cc4-c4ccccc4)cc3)cc1C2(C)C. The summed E-state index contributed by atoms with van der Waals surface area (Å²) in [5.74, 6) is 0. The molecule has 0 radical (unpaired) electrons. The van der Waals surface area contributed by atoms with Gasteiger partial charge in [-0.25, -0.2) is 0 Å². The van der Waals surface area contributed by atoms with Crippen LogP contribution in [0, 0.1) is 6.92 Å². The van der Waals surface area contributed by atoms with Crippen molar-refractivity contribution in [2.45, 2.75) is 26.2 Å². The van der Waals surface area contributed by atoms with Crippen LogP contribution in [0.15, 0.2) is 182 Å². The van der Waals surface area contributed by atoms with E-state index in [1.54, 1.807) is 0 Å². The topological polar surface area (TPSA) is 3.24 Å². The molecule has 8 aromatic carbocycles. The maximum atomic E-state index is 2.42. The Morgan fingerprint density at radius 1 is 0.373 bits per heavy atom. The summed E-state index contributed by atoms with van der Waals surface area (Å²) in [4.78, 5) is 2.41. The van der Waals surface area contributed by atoms with E-state index in [9.17, 15) is 0 Å². The fourth-order valence-electron chi connectivity index (χ4n) is 8.10. The molecule has 8 aromatic rings. The van der Waals surface area contributed by atoms with E-state index >= 15 is 0 Å². The molecule has 0 fully saturated rings. The van der Waals surface area contributed by atoms with E-state index in [-0.39, 0.29) is 5.41 Å². The second kappa shape index (κ2) is 12.3. The molecule has 9 rings (SSSR count). The van der Waals surface area contributed by atoms with Crippen molar-refractivity contribution in [3.63, 3.8) is 0 Å². The summed E-state index contributed by atoms with van der Waals surface area (Å²) < 4.78 is 0.